The first-order valence-electron chi connectivity index (χ1n) is 5.66. The second-order valence-corrected chi connectivity index (χ2v) is 4.47. The molecule has 4 heteroatoms. The zero-order chi connectivity index (χ0) is 13.2. The second kappa shape index (κ2) is 5.19. The lowest BCUT2D eigenvalue weighted by Crippen LogP contribution is -2.27. The molecular weight excluding hydrogens is 216 g/mol. The maximum absolute atomic E-state index is 11.3. The van der Waals surface area contributed by atoms with Gasteiger partial charge in [0.15, 0.2) is 0 Å². The van der Waals surface area contributed by atoms with Gasteiger partial charge in [0.25, 0.3) is 0 Å². The van der Waals surface area contributed by atoms with Gasteiger partial charge >= 0.3 is 5.97 Å². The smallest absolute Gasteiger partial charge is 0.325 e. The fourth-order valence-corrected chi connectivity index (χ4v) is 2.01. The highest BCUT2D eigenvalue weighted by molar-refractivity contribution is 5.76. The maximum Gasteiger partial charge on any atom is 0.325 e. The Hall–Kier alpha value is -1.55. The van der Waals surface area contributed by atoms with Crippen LogP contribution >= 0.6 is 0 Å². The Balaban J connectivity index is 3.30. The lowest BCUT2D eigenvalue weighted by atomic mass is 9.97. The summed E-state index contributed by atoms with van der Waals surface area (Å²) in [6, 6.07) is 3.12. The Morgan fingerprint density at radius 3 is 2.47 bits per heavy atom. The molecule has 0 fully saturated rings. The van der Waals surface area contributed by atoms with Crippen LogP contribution in [0.5, 0.6) is 0 Å². The highest BCUT2D eigenvalue weighted by atomic mass is 16.4. The van der Waals surface area contributed by atoms with Gasteiger partial charge in [0.2, 0.25) is 0 Å². The molecule has 1 unspecified atom stereocenters. The highest BCUT2D eigenvalue weighted by Crippen LogP contribution is 2.26. The van der Waals surface area contributed by atoms with E-state index in [0.717, 1.165) is 28.8 Å². The van der Waals surface area contributed by atoms with Gasteiger partial charge in [-0.15, -0.1) is 0 Å². The zero-order valence-electron chi connectivity index (χ0n) is 10.8. The lowest BCUT2D eigenvalue weighted by Gasteiger charge is -2.22. The summed E-state index contributed by atoms with van der Waals surface area (Å²) in [6.07, 6.45) is 0.806. The molecule has 1 aromatic carbocycles. The monoisotopic (exact) mass is 236 g/mol. The van der Waals surface area contributed by atoms with Crippen LogP contribution in [0.3, 0.4) is 0 Å². The average molecular weight is 236 g/mol. The van der Waals surface area contributed by atoms with Crippen molar-refractivity contribution in [2.45, 2.75) is 26.3 Å². The summed E-state index contributed by atoms with van der Waals surface area (Å²) in [7, 11) is 3.52. The summed E-state index contributed by atoms with van der Waals surface area (Å²) in [6.45, 7) is 3.92. The van der Waals surface area contributed by atoms with E-state index >= 15 is 0 Å². The van der Waals surface area contributed by atoms with E-state index in [9.17, 15) is 9.90 Å². The van der Waals surface area contributed by atoms with E-state index in [1.54, 1.807) is 19.0 Å². The van der Waals surface area contributed by atoms with Crippen molar-refractivity contribution in [1.29, 1.82) is 0 Å². The number of nitrogens with zero attached hydrogens (tertiary/aromatic N) is 1. The van der Waals surface area contributed by atoms with Crippen molar-refractivity contribution in [2.24, 2.45) is 0 Å². The van der Waals surface area contributed by atoms with Gasteiger partial charge in [0.1, 0.15) is 6.04 Å². The Labute approximate surface area is 102 Å². The van der Waals surface area contributed by atoms with E-state index in [4.69, 9.17) is 5.73 Å². The zero-order valence-corrected chi connectivity index (χ0v) is 10.8. The van der Waals surface area contributed by atoms with Gasteiger partial charge < -0.3 is 10.8 Å². The average Bonchev–Trinajstić information content (AvgIpc) is 2.21. The third-order valence-corrected chi connectivity index (χ3v) is 2.94. The summed E-state index contributed by atoms with van der Waals surface area (Å²) in [5, 5.41) is 9.25. The number of carbonyl (C=O) groups is 1. The number of nitrogens with two attached hydrogens (primary N) is 1. The molecule has 0 aliphatic rings. The molecule has 0 radical (unpaired) electrons. The van der Waals surface area contributed by atoms with Crippen molar-refractivity contribution in [3.05, 3.63) is 28.8 Å². The molecule has 3 N–H and O–H groups in total. The van der Waals surface area contributed by atoms with Crippen LogP contribution in [-0.4, -0.2) is 30.1 Å². The summed E-state index contributed by atoms with van der Waals surface area (Å²) in [5.74, 6) is -0.846. The Morgan fingerprint density at radius 2 is 2.06 bits per heavy atom. The molecule has 1 rings (SSSR count). The predicted octanol–water partition coefficient (Wildman–Crippen LogP) is 1.83. The molecule has 1 atom stereocenters. The van der Waals surface area contributed by atoms with Crippen LogP contribution in [0.25, 0.3) is 0 Å². The van der Waals surface area contributed by atoms with E-state index < -0.39 is 12.0 Å². The van der Waals surface area contributed by atoms with Gasteiger partial charge in [-0.3, -0.25) is 9.69 Å². The van der Waals surface area contributed by atoms with Gasteiger partial charge in [0.05, 0.1) is 0 Å². The first-order valence-corrected chi connectivity index (χ1v) is 5.66. The Morgan fingerprint density at radius 1 is 1.47 bits per heavy atom. The van der Waals surface area contributed by atoms with Crippen molar-refractivity contribution < 1.29 is 9.90 Å². The lowest BCUT2D eigenvalue weighted by molar-refractivity contribution is -0.142. The maximum atomic E-state index is 11.3. The topological polar surface area (TPSA) is 66.6 Å². The minimum absolute atomic E-state index is 0.625. The number of benzene rings is 1. The molecular formula is C13H20N2O2. The summed E-state index contributed by atoms with van der Waals surface area (Å²) >= 11 is 0. The van der Waals surface area contributed by atoms with Crippen LogP contribution in [-0.2, 0) is 11.2 Å². The molecule has 17 heavy (non-hydrogen) atoms. The Bertz CT molecular complexity index is 428. The molecule has 0 aromatic heterocycles. The van der Waals surface area contributed by atoms with Crippen LogP contribution in [0.4, 0.5) is 5.69 Å². The van der Waals surface area contributed by atoms with Crippen LogP contribution in [0.15, 0.2) is 12.1 Å². The fourth-order valence-electron chi connectivity index (χ4n) is 2.01. The normalized spacial score (nSPS) is 12.8. The van der Waals surface area contributed by atoms with Gasteiger partial charge in [-0.25, -0.2) is 0 Å². The molecule has 1 aromatic rings. The number of hydrogen-bond donors (Lipinski definition) is 2. The third kappa shape index (κ3) is 2.77. The predicted molar refractivity (Wildman–Crippen MR) is 69.0 cm³/mol. The van der Waals surface area contributed by atoms with Gasteiger partial charge in [-0.05, 0) is 44.1 Å². The van der Waals surface area contributed by atoms with Crippen LogP contribution in [0, 0.1) is 6.92 Å². The second-order valence-electron chi connectivity index (χ2n) is 4.47. The molecule has 94 valence electrons. The standard InChI is InChI=1S/C13H20N2O2/c1-5-9-7-10(6-8(2)11(9)14)12(13(16)17)15(3)4/h6-7,12H,5,14H2,1-4H3,(H,16,17). The third-order valence-electron chi connectivity index (χ3n) is 2.94. The molecule has 4 nitrogen and oxygen atoms in total. The Kier molecular flexibility index (Phi) is 4.12. The number of carboxylic acids is 1. The summed E-state index contributed by atoms with van der Waals surface area (Å²) in [4.78, 5) is 13.0. The van der Waals surface area contributed by atoms with E-state index in [2.05, 4.69) is 0 Å². The molecule has 0 aliphatic carbocycles. The molecule has 0 bridgehead atoms. The number of carboxylic acid groups (broad SMARTS) is 1. The molecule has 0 spiro atoms. The molecule has 0 amide bonds. The van der Waals surface area contributed by atoms with Crippen molar-refractivity contribution >= 4 is 11.7 Å². The van der Waals surface area contributed by atoms with Gasteiger partial charge in [-0.2, -0.15) is 0 Å². The van der Waals surface area contributed by atoms with E-state index in [-0.39, 0.29) is 0 Å². The van der Waals surface area contributed by atoms with Crippen molar-refractivity contribution in [3.8, 4) is 0 Å². The molecule has 0 heterocycles. The largest absolute Gasteiger partial charge is 0.480 e. The van der Waals surface area contributed by atoms with E-state index in [0.29, 0.717) is 0 Å². The number of aliphatic carboxylic acids is 1. The van der Waals surface area contributed by atoms with Crippen LogP contribution in [0.1, 0.15) is 29.7 Å². The number of hydrogen-bond acceptors (Lipinski definition) is 3. The minimum Gasteiger partial charge on any atom is -0.480 e. The first kappa shape index (κ1) is 13.5. The minimum atomic E-state index is -0.846. The first-order chi connectivity index (χ1) is 7.88. The molecule has 0 aliphatic heterocycles. The quantitative estimate of drug-likeness (QED) is 0.783. The molecule has 0 saturated heterocycles. The number of aryl methyl sites for hydroxylation is 2. The number of nitrogen functional groups attached to an aromatic ring is 1. The number of likely N-dealkylation sites (N-methyl/N-ethyl adjacent to an activating group) is 1. The van der Waals surface area contributed by atoms with Crippen LogP contribution < -0.4 is 5.73 Å². The van der Waals surface area contributed by atoms with Gasteiger partial charge in [0, 0.05) is 5.69 Å². The van der Waals surface area contributed by atoms with Gasteiger partial charge in [-0.1, -0.05) is 19.1 Å². The SMILES string of the molecule is CCc1cc(C(C(=O)O)N(C)C)cc(C)c1N. The van der Waals surface area contributed by atoms with Crippen molar-refractivity contribution in [3.63, 3.8) is 0 Å². The fraction of sp³-hybridized carbons (Fsp3) is 0.462. The van der Waals surface area contributed by atoms with E-state index in [1.807, 2.05) is 26.0 Å². The number of rotatable bonds is 4. The van der Waals surface area contributed by atoms with Crippen molar-refractivity contribution in [2.75, 3.05) is 19.8 Å². The van der Waals surface area contributed by atoms with E-state index in [1.165, 1.54) is 0 Å². The summed E-state index contributed by atoms with van der Waals surface area (Å²) in [5.41, 5.74) is 9.44. The summed E-state index contributed by atoms with van der Waals surface area (Å²) < 4.78 is 0. The van der Waals surface area contributed by atoms with Crippen LogP contribution in [0.2, 0.25) is 0 Å². The van der Waals surface area contributed by atoms with Crippen molar-refractivity contribution in [1.82, 2.24) is 4.90 Å². The highest BCUT2D eigenvalue weighted by Gasteiger charge is 2.23. The molecule has 0 saturated carbocycles. The number of anilines is 1.